The largest absolute Gasteiger partial charge is 0.376 e. The Morgan fingerprint density at radius 3 is 2.39 bits per heavy atom. The van der Waals surface area contributed by atoms with Gasteiger partial charge in [-0.05, 0) is 20.8 Å². The van der Waals surface area contributed by atoms with Crippen LogP contribution in [0.5, 0.6) is 0 Å². The average molecular weight is 256 g/mol. The van der Waals surface area contributed by atoms with Crippen LogP contribution in [-0.4, -0.2) is 73.3 Å². The summed E-state index contributed by atoms with van der Waals surface area (Å²) in [6.45, 7) is 10.4. The Morgan fingerprint density at radius 1 is 1.11 bits per heavy atom. The van der Waals surface area contributed by atoms with Crippen LogP contribution in [0, 0.1) is 0 Å². The molecule has 0 radical (unpaired) electrons. The summed E-state index contributed by atoms with van der Waals surface area (Å²) in [5.41, 5.74) is 0. The molecule has 2 aliphatic heterocycles. The van der Waals surface area contributed by atoms with Crippen LogP contribution in [0.15, 0.2) is 0 Å². The number of hydrogen-bond donors (Lipinski definition) is 0. The molecule has 0 saturated carbocycles. The average Bonchev–Trinajstić information content (AvgIpc) is 2.27. The Balaban J connectivity index is 1.83. The van der Waals surface area contributed by atoms with E-state index in [2.05, 4.69) is 11.8 Å². The lowest BCUT2D eigenvalue weighted by molar-refractivity contribution is -0.145. The highest BCUT2D eigenvalue weighted by Crippen LogP contribution is 2.12. The molecule has 0 N–H and O–H groups in total. The molecule has 2 fully saturated rings. The predicted octanol–water partition coefficient (Wildman–Crippen LogP) is 0.343. The van der Waals surface area contributed by atoms with Gasteiger partial charge in [-0.15, -0.1) is 0 Å². The number of ether oxygens (including phenoxy) is 2. The van der Waals surface area contributed by atoms with Crippen LogP contribution in [0.2, 0.25) is 0 Å². The van der Waals surface area contributed by atoms with Gasteiger partial charge in [-0.3, -0.25) is 9.69 Å². The van der Waals surface area contributed by atoms with E-state index < -0.39 is 0 Å². The van der Waals surface area contributed by atoms with Gasteiger partial charge in [0.25, 0.3) is 0 Å². The summed E-state index contributed by atoms with van der Waals surface area (Å²) in [5.74, 6) is 0.214. The van der Waals surface area contributed by atoms with Crippen LogP contribution < -0.4 is 0 Å². The van der Waals surface area contributed by atoms with E-state index in [-0.39, 0.29) is 24.2 Å². The van der Waals surface area contributed by atoms with Crippen molar-refractivity contribution in [2.24, 2.45) is 0 Å². The Morgan fingerprint density at radius 2 is 1.78 bits per heavy atom. The molecule has 104 valence electrons. The third-order valence-corrected chi connectivity index (χ3v) is 3.46. The fourth-order valence-electron chi connectivity index (χ4n) is 2.71. The highest BCUT2D eigenvalue weighted by atomic mass is 16.5. The van der Waals surface area contributed by atoms with Gasteiger partial charge in [-0.2, -0.15) is 0 Å². The minimum Gasteiger partial charge on any atom is -0.376 e. The van der Waals surface area contributed by atoms with Gasteiger partial charge in [0.1, 0.15) is 0 Å². The van der Waals surface area contributed by atoms with E-state index >= 15 is 0 Å². The zero-order chi connectivity index (χ0) is 13.1. The van der Waals surface area contributed by atoms with E-state index in [0.717, 1.165) is 19.7 Å². The van der Waals surface area contributed by atoms with Crippen molar-refractivity contribution in [1.29, 1.82) is 0 Å². The molecule has 2 heterocycles. The van der Waals surface area contributed by atoms with E-state index in [1.54, 1.807) is 0 Å². The summed E-state index contributed by atoms with van der Waals surface area (Å²) in [6, 6.07) is 0. The zero-order valence-corrected chi connectivity index (χ0v) is 11.6. The first-order valence-corrected chi connectivity index (χ1v) is 6.82. The number of carbonyl (C=O) groups excluding carboxylic acids is 1. The third-order valence-electron chi connectivity index (χ3n) is 3.46. The van der Waals surface area contributed by atoms with Crippen LogP contribution in [0.25, 0.3) is 0 Å². The molecule has 5 nitrogen and oxygen atoms in total. The molecule has 3 atom stereocenters. The van der Waals surface area contributed by atoms with Crippen molar-refractivity contribution in [3.05, 3.63) is 0 Å². The number of hydrogen-bond acceptors (Lipinski definition) is 4. The normalized spacial score (nSPS) is 34.6. The second kappa shape index (κ2) is 5.99. The number of morpholine rings is 2. The summed E-state index contributed by atoms with van der Waals surface area (Å²) in [6.07, 6.45) is 0.511. The maximum Gasteiger partial charge on any atom is 0.236 e. The highest BCUT2D eigenvalue weighted by molar-refractivity contribution is 5.78. The smallest absolute Gasteiger partial charge is 0.236 e. The van der Waals surface area contributed by atoms with Gasteiger partial charge in [0.15, 0.2) is 0 Å². The fourth-order valence-corrected chi connectivity index (χ4v) is 2.71. The lowest BCUT2D eigenvalue weighted by Gasteiger charge is -2.37. The zero-order valence-electron chi connectivity index (χ0n) is 11.6. The van der Waals surface area contributed by atoms with Gasteiger partial charge >= 0.3 is 0 Å². The summed E-state index contributed by atoms with van der Waals surface area (Å²) in [4.78, 5) is 16.4. The molecule has 0 spiro atoms. The first-order valence-electron chi connectivity index (χ1n) is 6.82. The molecular formula is C13H24N2O3. The summed E-state index contributed by atoms with van der Waals surface area (Å²) < 4.78 is 11.1. The molecule has 2 aliphatic rings. The molecule has 0 aromatic heterocycles. The van der Waals surface area contributed by atoms with E-state index in [1.807, 2.05) is 18.7 Å². The van der Waals surface area contributed by atoms with E-state index in [1.165, 1.54) is 0 Å². The topological polar surface area (TPSA) is 42.0 Å². The van der Waals surface area contributed by atoms with Gasteiger partial charge < -0.3 is 14.4 Å². The fraction of sp³-hybridized carbons (Fsp3) is 0.923. The van der Waals surface area contributed by atoms with Gasteiger partial charge in [0, 0.05) is 26.2 Å². The minimum atomic E-state index is 0.140. The summed E-state index contributed by atoms with van der Waals surface area (Å²) >= 11 is 0. The second-order valence-corrected chi connectivity index (χ2v) is 5.47. The van der Waals surface area contributed by atoms with E-state index in [0.29, 0.717) is 19.6 Å². The minimum absolute atomic E-state index is 0.140. The standard InChI is InChI=1S/C13H24N2O3/c1-10-6-14(4-5-17-10)9-13(16)15-7-11(2)18-12(3)8-15/h10-12H,4-9H2,1-3H3. The first kappa shape index (κ1) is 13.8. The predicted molar refractivity (Wildman–Crippen MR) is 68.4 cm³/mol. The van der Waals surface area contributed by atoms with Crippen molar-refractivity contribution in [2.45, 2.75) is 39.1 Å². The first-order chi connectivity index (χ1) is 8.54. The van der Waals surface area contributed by atoms with Crippen LogP contribution >= 0.6 is 0 Å². The Bertz CT molecular complexity index is 288. The number of rotatable bonds is 2. The van der Waals surface area contributed by atoms with Crippen LogP contribution in [0.3, 0.4) is 0 Å². The van der Waals surface area contributed by atoms with Gasteiger partial charge in [0.05, 0.1) is 31.5 Å². The van der Waals surface area contributed by atoms with Crippen molar-refractivity contribution in [2.75, 3.05) is 39.3 Å². The Labute approximate surface area is 109 Å². The van der Waals surface area contributed by atoms with Crippen LogP contribution in [0.4, 0.5) is 0 Å². The van der Waals surface area contributed by atoms with Crippen molar-refractivity contribution >= 4 is 5.91 Å². The molecule has 0 aliphatic carbocycles. The van der Waals surface area contributed by atoms with Crippen LogP contribution in [0.1, 0.15) is 20.8 Å². The molecule has 5 heteroatoms. The summed E-state index contributed by atoms with van der Waals surface area (Å²) in [7, 11) is 0. The van der Waals surface area contributed by atoms with Crippen molar-refractivity contribution in [3.63, 3.8) is 0 Å². The quantitative estimate of drug-likeness (QED) is 0.714. The molecule has 3 unspecified atom stereocenters. The van der Waals surface area contributed by atoms with Gasteiger partial charge in [-0.1, -0.05) is 0 Å². The molecule has 0 aromatic rings. The molecule has 0 aromatic carbocycles. The maximum absolute atomic E-state index is 12.3. The molecule has 2 rings (SSSR count). The van der Waals surface area contributed by atoms with Crippen LogP contribution in [-0.2, 0) is 14.3 Å². The lowest BCUT2D eigenvalue weighted by atomic mass is 10.2. The molecule has 2 saturated heterocycles. The monoisotopic (exact) mass is 256 g/mol. The maximum atomic E-state index is 12.3. The van der Waals surface area contributed by atoms with E-state index in [9.17, 15) is 4.79 Å². The second-order valence-electron chi connectivity index (χ2n) is 5.47. The molecule has 0 bridgehead atoms. The SMILES string of the molecule is CC1CN(CC(=O)N2CC(C)OC(C)C2)CCO1. The number of nitrogens with zero attached hydrogens (tertiary/aromatic N) is 2. The Kier molecular flexibility index (Phi) is 4.59. The van der Waals surface area contributed by atoms with Crippen molar-refractivity contribution in [1.82, 2.24) is 9.80 Å². The van der Waals surface area contributed by atoms with E-state index in [4.69, 9.17) is 9.47 Å². The Hall–Kier alpha value is -0.650. The third kappa shape index (κ3) is 3.67. The van der Waals surface area contributed by atoms with Gasteiger partial charge in [0.2, 0.25) is 5.91 Å². The van der Waals surface area contributed by atoms with Gasteiger partial charge in [-0.25, -0.2) is 0 Å². The molecule has 1 amide bonds. The van der Waals surface area contributed by atoms with Crippen molar-refractivity contribution < 1.29 is 14.3 Å². The number of carbonyl (C=O) groups is 1. The van der Waals surface area contributed by atoms with Crippen molar-refractivity contribution in [3.8, 4) is 0 Å². The molecule has 18 heavy (non-hydrogen) atoms. The molecular weight excluding hydrogens is 232 g/mol. The number of amides is 1. The summed E-state index contributed by atoms with van der Waals surface area (Å²) in [5, 5.41) is 0. The highest BCUT2D eigenvalue weighted by Gasteiger charge is 2.27. The lowest BCUT2D eigenvalue weighted by Crippen LogP contribution is -2.52.